The molecule has 0 fully saturated rings. The monoisotopic (exact) mass is 468 g/mol. The summed E-state index contributed by atoms with van der Waals surface area (Å²) in [5, 5.41) is 4.51. The quantitative estimate of drug-likeness (QED) is 0.282. The van der Waals surface area contributed by atoms with Gasteiger partial charge in [-0.3, -0.25) is 0 Å². The Morgan fingerprint density at radius 3 is 2.35 bits per heavy atom. The summed E-state index contributed by atoms with van der Waals surface area (Å²) < 4.78 is 19.9. The molecule has 0 spiro atoms. The summed E-state index contributed by atoms with van der Waals surface area (Å²) in [6.07, 6.45) is 6.07. The zero-order valence-electron chi connectivity index (χ0n) is 18.7. The normalized spacial score (nSPS) is 11.3. The minimum Gasteiger partial charge on any atom is -0.488 e. The van der Waals surface area contributed by atoms with Gasteiger partial charge in [0, 0.05) is 22.7 Å². The second kappa shape index (κ2) is 14.7. The minimum atomic E-state index is -0.364. The topological polar surface area (TPSA) is 24.5 Å². The van der Waals surface area contributed by atoms with Crippen molar-refractivity contribution in [3.63, 3.8) is 0 Å². The summed E-state index contributed by atoms with van der Waals surface area (Å²) in [5.74, 6) is 0.320. The van der Waals surface area contributed by atoms with Gasteiger partial charge in [-0.05, 0) is 75.8 Å². The Kier molecular flexibility index (Phi) is 12.3. The van der Waals surface area contributed by atoms with E-state index >= 15 is 0 Å². The molecule has 0 amide bonds. The predicted octanol–water partition coefficient (Wildman–Crippen LogP) is 7.09. The highest BCUT2D eigenvalue weighted by Gasteiger charge is 2.11. The van der Waals surface area contributed by atoms with Crippen molar-refractivity contribution in [1.29, 1.82) is 0 Å². The molecule has 0 aliphatic carbocycles. The van der Waals surface area contributed by atoms with E-state index in [1.807, 2.05) is 12.1 Å². The zero-order valence-corrected chi connectivity index (χ0v) is 20.2. The average Bonchev–Trinajstić information content (AvgIpc) is 2.75. The van der Waals surface area contributed by atoms with E-state index in [9.17, 15) is 4.39 Å². The summed E-state index contributed by atoms with van der Waals surface area (Å²) in [5.41, 5.74) is 1.31. The van der Waals surface area contributed by atoms with E-state index in [0.29, 0.717) is 27.9 Å². The lowest BCUT2D eigenvalue weighted by molar-refractivity contribution is 0.260. The summed E-state index contributed by atoms with van der Waals surface area (Å²) in [4.78, 5) is 2.57. The largest absolute Gasteiger partial charge is 0.488 e. The van der Waals surface area contributed by atoms with Gasteiger partial charge < -0.3 is 15.0 Å². The van der Waals surface area contributed by atoms with Gasteiger partial charge in [-0.2, -0.15) is 0 Å². The van der Waals surface area contributed by atoms with Gasteiger partial charge in [0.2, 0.25) is 0 Å². The number of unbranched alkanes of at least 4 members (excludes halogenated alkanes) is 2. The summed E-state index contributed by atoms with van der Waals surface area (Å²) >= 11 is 12.3. The van der Waals surface area contributed by atoms with Crippen LogP contribution in [-0.4, -0.2) is 31.1 Å². The van der Waals surface area contributed by atoms with E-state index in [-0.39, 0.29) is 12.4 Å². The Hall–Kier alpha value is -1.33. The standard InChI is InChI=1S/C25H35Cl2FN2O/c1-3-5-14-30(15-6-4-2)16-8-13-29-18-20-17-21(26)11-12-25(20)31-19-22-23(27)9-7-10-24(22)28/h7,9-12,17,29H,3-6,8,13-16,18-19H2,1-2H3. The molecule has 0 saturated heterocycles. The van der Waals surface area contributed by atoms with Crippen molar-refractivity contribution < 1.29 is 9.13 Å². The molecule has 0 heterocycles. The molecule has 2 aromatic carbocycles. The van der Waals surface area contributed by atoms with Crippen molar-refractivity contribution in [2.24, 2.45) is 0 Å². The molecule has 2 aromatic rings. The fraction of sp³-hybridized carbons (Fsp3) is 0.520. The predicted molar refractivity (Wildman–Crippen MR) is 130 cm³/mol. The van der Waals surface area contributed by atoms with Gasteiger partial charge in [0.05, 0.1) is 5.02 Å². The third-order valence-electron chi connectivity index (χ3n) is 5.26. The fourth-order valence-corrected chi connectivity index (χ4v) is 3.81. The van der Waals surface area contributed by atoms with Crippen LogP contribution in [0.4, 0.5) is 4.39 Å². The maximum atomic E-state index is 14.0. The van der Waals surface area contributed by atoms with Crippen LogP contribution in [-0.2, 0) is 13.2 Å². The van der Waals surface area contributed by atoms with Gasteiger partial charge in [0.1, 0.15) is 18.2 Å². The third-order valence-corrected chi connectivity index (χ3v) is 5.84. The lowest BCUT2D eigenvalue weighted by Crippen LogP contribution is -2.29. The van der Waals surface area contributed by atoms with Crippen LogP contribution in [0.25, 0.3) is 0 Å². The van der Waals surface area contributed by atoms with E-state index in [4.69, 9.17) is 27.9 Å². The Morgan fingerprint density at radius 2 is 1.68 bits per heavy atom. The van der Waals surface area contributed by atoms with Crippen LogP contribution in [0, 0.1) is 5.82 Å². The molecular weight excluding hydrogens is 434 g/mol. The van der Waals surface area contributed by atoms with Crippen LogP contribution in [0.15, 0.2) is 36.4 Å². The molecule has 0 bridgehead atoms. The van der Waals surface area contributed by atoms with Gasteiger partial charge in [-0.25, -0.2) is 4.39 Å². The van der Waals surface area contributed by atoms with Gasteiger partial charge >= 0.3 is 0 Å². The third kappa shape index (κ3) is 9.36. The first-order valence-electron chi connectivity index (χ1n) is 11.3. The zero-order chi connectivity index (χ0) is 22.5. The van der Waals surface area contributed by atoms with Crippen LogP contribution in [0.1, 0.15) is 57.1 Å². The van der Waals surface area contributed by atoms with Gasteiger partial charge in [0.15, 0.2) is 0 Å². The maximum Gasteiger partial charge on any atom is 0.131 e. The number of hydrogen-bond donors (Lipinski definition) is 1. The van der Waals surface area contributed by atoms with E-state index in [1.54, 1.807) is 18.2 Å². The summed E-state index contributed by atoms with van der Waals surface area (Å²) in [7, 11) is 0. The number of hydrogen-bond acceptors (Lipinski definition) is 3. The van der Waals surface area contributed by atoms with Crippen LogP contribution in [0.5, 0.6) is 5.75 Å². The van der Waals surface area contributed by atoms with Crippen LogP contribution >= 0.6 is 23.2 Å². The molecule has 2 rings (SSSR count). The highest BCUT2D eigenvalue weighted by atomic mass is 35.5. The van der Waals surface area contributed by atoms with Crippen molar-refractivity contribution in [2.45, 2.75) is 59.1 Å². The second-order valence-electron chi connectivity index (χ2n) is 7.82. The van der Waals surface area contributed by atoms with Gasteiger partial charge in [-0.1, -0.05) is 56.0 Å². The molecule has 6 heteroatoms. The molecular formula is C25H35Cl2FN2O. The SMILES string of the molecule is CCCCN(CCCC)CCCNCc1cc(Cl)ccc1OCc1c(F)cccc1Cl. The van der Waals surface area contributed by atoms with Crippen molar-refractivity contribution in [3.8, 4) is 5.75 Å². The van der Waals surface area contributed by atoms with Gasteiger partial charge in [-0.15, -0.1) is 0 Å². The van der Waals surface area contributed by atoms with E-state index in [1.165, 1.54) is 44.8 Å². The van der Waals surface area contributed by atoms with Gasteiger partial charge in [0.25, 0.3) is 0 Å². The number of rotatable bonds is 15. The van der Waals surface area contributed by atoms with Crippen LogP contribution in [0.3, 0.4) is 0 Å². The lowest BCUT2D eigenvalue weighted by atomic mass is 10.2. The smallest absolute Gasteiger partial charge is 0.131 e. The van der Waals surface area contributed by atoms with Crippen molar-refractivity contribution in [3.05, 3.63) is 63.4 Å². The number of nitrogens with zero attached hydrogens (tertiary/aromatic N) is 1. The maximum absolute atomic E-state index is 14.0. The lowest BCUT2D eigenvalue weighted by Gasteiger charge is -2.22. The molecule has 0 atom stereocenters. The van der Waals surface area contributed by atoms with Crippen molar-refractivity contribution in [2.75, 3.05) is 26.2 Å². The molecule has 0 radical (unpaired) electrons. The molecule has 0 aromatic heterocycles. The fourth-order valence-electron chi connectivity index (χ4n) is 3.40. The summed E-state index contributed by atoms with van der Waals surface area (Å²) in [6, 6.07) is 10.1. The number of nitrogens with one attached hydrogen (secondary N) is 1. The van der Waals surface area contributed by atoms with E-state index in [0.717, 1.165) is 25.1 Å². The molecule has 0 aliphatic rings. The Morgan fingerprint density at radius 1 is 0.968 bits per heavy atom. The molecule has 0 unspecified atom stereocenters. The number of halogens is 3. The number of ether oxygens (including phenoxy) is 1. The Balaban J connectivity index is 1.85. The van der Waals surface area contributed by atoms with Crippen molar-refractivity contribution >= 4 is 23.2 Å². The van der Waals surface area contributed by atoms with Crippen molar-refractivity contribution in [1.82, 2.24) is 10.2 Å². The van der Waals surface area contributed by atoms with E-state index < -0.39 is 0 Å². The van der Waals surface area contributed by atoms with E-state index in [2.05, 4.69) is 24.1 Å². The first-order valence-corrected chi connectivity index (χ1v) is 12.1. The first-order chi connectivity index (χ1) is 15.0. The highest BCUT2D eigenvalue weighted by molar-refractivity contribution is 6.31. The Labute approximate surface area is 196 Å². The Bertz CT molecular complexity index is 760. The van der Waals surface area contributed by atoms with Crippen LogP contribution < -0.4 is 10.1 Å². The number of benzene rings is 2. The molecule has 1 N–H and O–H groups in total. The minimum absolute atomic E-state index is 0.0734. The molecule has 0 saturated carbocycles. The van der Waals surface area contributed by atoms with Crippen LogP contribution in [0.2, 0.25) is 10.0 Å². The summed E-state index contributed by atoms with van der Waals surface area (Å²) in [6.45, 7) is 9.59. The first kappa shape index (κ1) is 25.9. The highest BCUT2D eigenvalue weighted by Crippen LogP contribution is 2.26. The molecule has 172 valence electrons. The average molecular weight is 469 g/mol. The second-order valence-corrected chi connectivity index (χ2v) is 8.66. The molecule has 3 nitrogen and oxygen atoms in total. The molecule has 0 aliphatic heterocycles. The molecule has 31 heavy (non-hydrogen) atoms.